The van der Waals surface area contributed by atoms with Gasteiger partial charge in [-0.15, -0.1) is 0 Å². The predicted octanol–water partition coefficient (Wildman–Crippen LogP) is 11.4. The van der Waals surface area contributed by atoms with Crippen LogP contribution in [0.5, 0.6) is 0 Å². The lowest BCUT2D eigenvalue weighted by atomic mass is 9.86. The SMILES string of the molecule is [2H]c1cc(Nc2ccc(C(C)(C)C)cc2)c(Cl)c(N(c2ccc(C(C)(C)C)cc2)c2ccc(C(C)(C)C)cc2)c1. The Labute approximate surface area is 242 Å². The molecule has 0 fully saturated rings. The van der Waals surface area contributed by atoms with Gasteiger partial charge in [-0.05, 0) is 81.5 Å². The zero-order valence-electron chi connectivity index (χ0n) is 25.9. The van der Waals surface area contributed by atoms with Crippen LogP contribution in [0.3, 0.4) is 0 Å². The summed E-state index contributed by atoms with van der Waals surface area (Å²) in [6, 6.07) is 29.7. The molecule has 204 valence electrons. The van der Waals surface area contributed by atoms with Gasteiger partial charge in [-0.3, -0.25) is 0 Å². The molecule has 0 heterocycles. The molecule has 4 aromatic rings. The van der Waals surface area contributed by atoms with E-state index in [2.05, 4.69) is 145 Å². The van der Waals surface area contributed by atoms with Crippen LogP contribution < -0.4 is 10.2 Å². The van der Waals surface area contributed by atoms with E-state index in [0.717, 1.165) is 22.7 Å². The van der Waals surface area contributed by atoms with E-state index in [1.54, 1.807) is 6.07 Å². The Bertz CT molecular complexity index is 1390. The van der Waals surface area contributed by atoms with Crippen LogP contribution in [0.4, 0.5) is 28.4 Å². The van der Waals surface area contributed by atoms with E-state index >= 15 is 0 Å². The van der Waals surface area contributed by atoms with E-state index in [1.807, 2.05) is 6.07 Å². The smallest absolute Gasteiger partial charge is 0.0881 e. The summed E-state index contributed by atoms with van der Waals surface area (Å²) in [5.74, 6) is 0. The summed E-state index contributed by atoms with van der Waals surface area (Å²) in [6.07, 6.45) is 0. The molecule has 4 rings (SSSR count). The Balaban J connectivity index is 1.81. The molecular weight excluding hydrogens is 496 g/mol. The third kappa shape index (κ3) is 6.68. The maximum Gasteiger partial charge on any atom is 0.0881 e. The van der Waals surface area contributed by atoms with Crippen molar-refractivity contribution >= 4 is 40.0 Å². The van der Waals surface area contributed by atoms with Crippen molar-refractivity contribution in [3.05, 3.63) is 113 Å². The Hall–Kier alpha value is -3.23. The third-order valence-electron chi connectivity index (χ3n) is 7.16. The quantitative estimate of drug-likeness (QED) is 0.271. The van der Waals surface area contributed by atoms with Gasteiger partial charge in [0.25, 0.3) is 0 Å². The van der Waals surface area contributed by atoms with E-state index in [4.69, 9.17) is 13.0 Å². The molecule has 0 atom stereocenters. The number of halogens is 1. The Morgan fingerprint density at radius 1 is 0.564 bits per heavy atom. The topological polar surface area (TPSA) is 15.3 Å². The van der Waals surface area contributed by atoms with Gasteiger partial charge in [0.1, 0.15) is 0 Å². The van der Waals surface area contributed by atoms with Gasteiger partial charge in [-0.1, -0.05) is 116 Å². The molecule has 2 nitrogen and oxygen atoms in total. The minimum absolute atomic E-state index is 0.0517. The van der Waals surface area contributed by atoms with Crippen LogP contribution in [0.25, 0.3) is 0 Å². The molecule has 4 aromatic carbocycles. The highest BCUT2D eigenvalue weighted by Crippen LogP contribution is 2.43. The highest BCUT2D eigenvalue weighted by molar-refractivity contribution is 6.36. The normalized spacial score (nSPS) is 12.7. The van der Waals surface area contributed by atoms with Crippen LogP contribution in [-0.4, -0.2) is 0 Å². The Morgan fingerprint density at radius 2 is 0.949 bits per heavy atom. The van der Waals surface area contributed by atoms with Crippen molar-refractivity contribution in [2.24, 2.45) is 0 Å². The first-order valence-electron chi connectivity index (χ1n) is 14.2. The number of anilines is 5. The highest BCUT2D eigenvalue weighted by Gasteiger charge is 2.21. The number of benzene rings is 4. The molecule has 39 heavy (non-hydrogen) atoms. The van der Waals surface area contributed by atoms with Gasteiger partial charge in [0.2, 0.25) is 0 Å². The Morgan fingerprint density at radius 3 is 1.33 bits per heavy atom. The molecule has 0 aliphatic rings. The molecule has 0 aliphatic carbocycles. The average Bonchev–Trinajstić information content (AvgIpc) is 2.86. The van der Waals surface area contributed by atoms with Gasteiger partial charge < -0.3 is 10.2 Å². The summed E-state index contributed by atoms with van der Waals surface area (Å²) >= 11 is 7.15. The number of nitrogens with zero attached hydrogens (tertiary/aromatic N) is 1. The first-order chi connectivity index (χ1) is 18.5. The van der Waals surface area contributed by atoms with Gasteiger partial charge in [0.05, 0.1) is 17.8 Å². The molecule has 0 spiro atoms. The molecule has 0 aromatic heterocycles. The van der Waals surface area contributed by atoms with Crippen LogP contribution >= 0.6 is 11.6 Å². The van der Waals surface area contributed by atoms with Crippen LogP contribution in [-0.2, 0) is 16.2 Å². The average molecular weight is 540 g/mol. The second-order valence-corrected chi connectivity index (χ2v) is 13.8. The summed E-state index contributed by atoms with van der Waals surface area (Å²) < 4.78 is 8.68. The van der Waals surface area contributed by atoms with Crippen LogP contribution in [0.1, 0.15) is 80.4 Å². The molecule has 0 radical (unpaired) electrons. The van der Waals surface area contributed by atoms with E-state index in [9.17, 15) is 0 Å². The molecule has 0 amide bonds. The van der Waals surface area contributed by atoms with Gasteiger partial charge in [0, 0.05) is 17.1 Å². The van der Waals surface area contributed by atoms with E-state index in [-0.39, 0.29) is 16.2 Å². The number of hydrogen-bond acceptors (Lipinski definition) is 2. The maximum atomic E-state index is 8.68. The highest BCUT2D eigenvalue weighted by atomic mass is 35.5. The monoisotopic (exact) mass is 539 g/mol. The van der Waals surface area contributed by atoms with Crippen LogP contribution in [0.15, 0.2) is 91.0 Å². The molecule has 0 unspecified atom stereocenters. The zero-order chi connectivity index (χ0) is 29.5. The van der Waals surface area contributed by atoms with Gasteiger partial charge >= 0.3 is 0 Å². The van der Waals surface area contributed by atoms with Crippen LogP contribution in [0, 0.1) is 0 Å². The molecule has 0 aliphatic heterocycles. The minimum atomic E-state index is 0.0517. The fourth-order valence-corrected chi connectivity index (χ4v) is 4.82. The fourth-order valence-electron chi connectivity index (χ4n) is 4.58. The fraction of sp³-hybridized carbons (Fsp3) is 0.333. The van der Waals surface area contributed by atoms with Crippen molar-refractivity contribution in [3.63, 3.8) is 0 Å². The van der Waals surface area contributed by atoms with Crippen molar-refractivity contribution in [1.29, 1.82) is 0 Å². The maximum absolute atomic E-state index is 8.68. The Kier molecular flexibility index (Phi) is 7.53. The van der Waals surface area contributed by atoms with Crippen molar-refractivity contribution in [1.82, 2.24) is 0 Å². The summed E-state index contributed by atoms with van der Waals surface area (Å²) in [5.41, 5.74) is 8.35. The molecule has 0 saturated carbocycles. The summed E-state index contributed by atoms with van der Waals surface area (Å²) in [7, 11) is 0. The standard InChI is InChI=1S/C36H43ClN2/c1-34(2,3)25-13-19-28(20-14-25)38-31-11-10-12-32(33(31)37)39(29-21-15-26(16-22-29)35(4,5)6)30-23-17-27(18-24-30)36(7,8)9/h10-24,38H,1-9H3/i10D. The van der Waals surface area contributed by atoms with E-state index in [1.165, 1.54) is 16.7 Å². The van der Waals surface area contributed by atoms with Gasteiger partial charge in [-0.25, -0.2) is 0 Å². The lowest BCUT2D eigenvalue weighted by molar-refractivity contribution is 0.590. The second-order valence-electron chi connectivity index (χ2n) is 13.4. The molecule has 1 N–H and O–H groups in total. The summed E-state index contributed by atoms with van der Waals surface area (Å²) in [4.78, 5) is 2.15. The first kappa shape index (κ1) is 27.3. The lowest BCUT2D eigenvalue weighted by Crippen LogP contribution is -2.15. The van der Waals surface area contributed by atoms with Crippen molar-refractivity contribution < 1.29 is 1.37 Å². The van der Waals surface area contributed by atoms with Gasteiger partial charge in [-0.2, -0.15) is 0 Å². The molecular formula is C36H43ClN2. The largest absolute Gasteiger partial charge is 0.354 e. The molecule has 0 bridgehead atoms. The number of hydrogen-bond donors (Lipinski definition) is 1. The number of rotatable bonds is 5. The molecule has 0 saturated heterocycles. The van der Waals surface area contributed by atoms with Gasteiger partial charge in [0.15, 0.2) is 0 Å². The minimum Gasteiger partial charge on any atom is -0.354 e. The summed E-state index contributed by atoms with van der Waals surface area (Å²) in [5, 5.41) is 4.03. The van der Waals surface area contributed by atoms with E-state index in [0.29, 0.717) is 16.8 Å². The van der Waals surface area contributed by atoms with Crippen LogP contribution in [0.2, 0.25) is 5.02 Å². The van der Waals surface area contributed by atoms with Crippen molar-refractivity contribution in [3.8, 4) is 0 Å². The van der Waals surface area contributed by atoms with Crippen molar-refractivity contribution in [2.75, 3.05) is 10.2 Å². The predicted molar refractivity (Wildman–Crippen MR) is 172 cm³/mol. The second kappa shape index (κ2) is 10.7. The lowest BCUT2D eigenvalue weighted by Gasteiger charge is -2.29. The van der Waals surface area contributed by atoms with E-state index < -0.39 is 0 Å². The third-order valence-corrected chi connectivity index (χ3v) is 7.56. The summed E-state index contributed by atoms with van der Waals surface area (Å²) in [6.45, 7) is 19.9. The first-order valence-corrected chi connectivity index (χ1v) is 14.1. The number of nitrogens with one attached hydrogen (secondary N) is 1. The zero-order valence-corrected chi connectivity index (χ0v) is 25.7. The van der Waals surface area contributed by atoms with Crippen molar-refractivity contribution in [2.45, 2.75) is 78.6 Å². The molecule has 3 heteroatoms.